The number of rotatable bonds is 3. The van der Waals surface area contributed by atoms with Gasteiger partial charge in [0.05, 0.1) is 5.69 Å². The molecule has 0 unspecified atom stereocenters. The number of hydrogen-bond acceptors (Lipinski definition) is 3. The molecule has 0 saturated carbocycles. The van der Waals surface area contributed by atoms with Crippen molar-refractivity contribution < 1.29 is 13.5 Å². The third-order valence-corrected chi connectivity index (χ3v) is 2.29. The van der Waals surface area contributed by atoms with Crippen molar-refractivity contribution >= 4 is 0 Å². The maximum atomic E-state index is 13.1. The van der Waals surface area contributed by atoms with Crippen LogP contribution in [0.3, 0.4) is 0 Å². The summed E-state index contributed by atoms with van der Waals surface area (Å²) < 4.78 is 30.8. The highest BCUT2D eigenvalue weighted by Gasteiger charge is 2.07. The molecule has 0 aliphatic heterocycles. The van der Waals surface area contributed by atoms with Crippen LogP contribution in [0.1, 0.15) is 5.82 Å². The van der Waals surface area contributed by atoms with E-state index in [0.717, 1.165) is 12.1 Å². The summed E-state index contributed by atoms with van der Waals surface area (Å²) in [5, 5.41) is 0. The molecule has 0 bridgehead atoms. The number of H-pyrrole nitrogens is 1. The molecule has 1 N–H and O–H groups in total. The quantitative estimate of drug-likeness (QED) is 0.907. The van der Waals surface area contributed by atoms with Crippen LogP contribution in [0.5, 0.6) is 0 Å². The lowest BCUT2D eigenvalue weighted by molar-refractivity contribution is 0.177. The Hall–Kier alpha value is -2.08. The SMILES string of the molecule is COCc1nc(-c2ccc(F)c(F)c2)cc(=O)[nH]1. The molecule has 0 atom stereocenters. The Balaban J connectivity index is 2.49. The molecule has 0 aliphatic rings. The average Bonchev–Trinajstić information content (AvgIpc) is 2.32. The molecule has 2 rings (SSSR count). The van der Waals surface area contributed by atoms with Crippen LogP contribution in [0, 0.1) is 11.6 Å². The number of nitrogens with zero attached hydrogens (tertiary/aromatic N) is 1. The largest absolute Gasteiger partial charge is 0.377 e. The van der Waals surface area contributed by atoms with E-state index >= 15 is 0 Å². The van der Waals surface area contributed by atoms with E-state index in [4.69, 9.17) is 4.74 Å². The molecule has 0 fully saturated rings. The summed E-state index contributed by atoms with van der Waals surface area (Å²) in [6.07, 6.45) is 0. The molecule has 0 saturated heterocycles. The van der Waals surface area contributed by atoms with Gasteiger partial charge in [-0.05, 0) is 18.2 Å². The van der Waals surface area contributed by atoms with Gasteiger partial charge in [-0.3, -0.25) is 4.79 Å². The summed E-state index contributed by atoms with van der Waals surface area (Å²) in [6, 6.07) is 4.56. The Bertz CT molecular complexity index is 626. The highest BCUT2D eigenvalue weighted by molar-refractivity contribution is 5.58. The number of benzene rings is 1. The third-order valence-electron chi connectivity index (χ3n) is 2.29. The average molecular weight is 252 g/mol. The van der Waals surface area contributed by atoms with Gasteiger partial charge < -0.3 is 9.72 Å². The van der Waals surface area contributed by atoms with E-state index in [0.29, 0.717) is 11.4 Å². The van der Waals surface area contributed by atoms with Gasteiger partial charge in [-0.25, -0.2) is 13.8 Å². The van der Waals surface area contributed by atoms with Gasteiger partial charge in [-0.2, -0.15) is 0 Å². The van der Waals surface area contributed by atoms with E-state index < -0.39 is 11.6 Å². The summed E-state index contributed by atoms with van der Waals surface area (Å²) in [4.78, 5) is 18.0. The number of halogens is 2. The van der Waals surface area contributed by atoms with Gasteiger partial charge in [-0.1, -0.05) is 0 Å². The molecular weight excluding hydrogens is 242 g/mol. The molecule has 0 aliphatic carbocycles. The Morgan fingerprint density at radius 3 is 2.72 bits per heavy atom. The minimum atomic E-state index is -0.983. The monoisotopic (exact) mass is 252 g/mol. The minimum Gasteiger partial charge on any atom is -0.377 e. The summed E-state index contributed by atoms with van der Waals surface area (Å²) in [5.74, 6) is -1.60. The zero-order valence-electron chi connectivity index (χ0n) is 9.54. The highest BCUT2D eigenvalue weighted by atomic mass is 19.2. The van der Waals surface area contributed by atoms with Crippen LogP contribution in [0.15, 0.2) is 29.1 Å². The molecule has 1 heterocycles. The maximum Gasteiger partial charge on any atom is 0.251 e. The van der Waals surface area contributed by atoms with Gasteiger partial charge in [-0.15, -0.1) is 0 Å². The number of aromatic nitrogens is 2. The lowest BCUT2D eigenvalue weighted by Crippen LogP contribution is -2.11. The standard InChI is InChI=1S/C12H10F2N2O2/c1-18-6-11-15-10(5-12(17)16-11)7-2-3-8(13)9(14)4-7/h2-5H,6H2,1H3,(H,15,16,17). The third kappa shape index (κ3) is 2.60. The zero-order chi connectivity index (χ0) is 13.1. The fourth-order valence-electron chi connectivity index (χ4n) is 1.52. The minimum absolute atomic E-state index is 0.132. The number of methoxy groups -OCH3 is 1. The summed E-state index contributed by atoms with van der Waals surface area (Å²) in [5.41, 5.74) is 0.221. The van der Waals surface area contributed by atoms with E-state index in [9.17, 15) is 13.6 Å². The second kappa shape index (κ2) is 5.05. The van der Waals surface area contributed by atoms with Crippen LogP contribution in [0.2, 0.25) is 0 Å². The van der Waals surface area contributed by atoms with Crippen LogP contribution >= 0.6 is 0 Å². The van der Waals surface area contributed by atoms with Gasteiger partial charge >= 0.3 is 0 Å². The van der Waals surface area contributed by atoms with Gasteiger partial charge in [0.2, 0.25) is 0 Å². The van der Waals surface area contributed by atoms with Crippen LogP contribution in [-0.4, -0.2) is 17.1 Å². The topological polar surface area (TPSA) is 55.0 Å². The maximum absolute atomic E-state index is 13.1. The molecule has 0 spiro atoms. The summed E-state index contributed by atoms with van der Waals surface area (Å²) in [7, 11) is 1.46. The lowest BCUT2D eigenvalue weighted by atomic mass is 10.1. The first-order chi connectivity index (χ1) is 8.60. The lowest BCUT2D eigenvalue weighted by Gasteiger charge is -2.04. The molecule has 4 nitrogen and oxygen atoms in total. The Kier molecular flexibility index (Phi) is 3.47. The van der Waals surface area contributed by atoms with E-state index in [2.05, 4.69) is 9.97 Å². The van der Waals surface area contributed by atoms with Gasteiger partial charge in [0.15, 0.2) is 11.6 Å². The first-order valence-electron chi connectivity index (χ1n) is 5.15. The molecule has 94 valence electrons. The molecule has 0 radical (unpaired) electrons. The molecule has 0 amide bonds. The van der Waals surface area contributed by atoms with Crippen molar-refractivity contribution in [3.63, 3.8) is 0 Å². The van der Waals surface area contributed by atoms with Gasteiger partial charge in [0.25, 0.3) is 5.56 Å². The molecule has 2 aromatic rings. The molecule has 1 aromatic carbocycles. The second-order valence-electron chi connectivity index (χ2n) is 3.64. The highest BCUT2D eigenvalue weighted by Crippen LogP contribution is 2.18. The Morgan fingerprint density at radius 2 is 2.06 bits per heavy atom. The number of nitrogens with one attached hydrogen (secondary N) is 1. The number of aromatic amines is 1. The number of ether oxygens (including phenoxy) is 1. The van der Waals surface area contributed by atoms with Crippen molar-refractivity contribution in [3.8, 4) is 11.3 Å². The first kappa shape index (κ1) is 12.4. The molecule has 1 aromatic heterocycles. The smallest absolute Gasteiger partial charge is 0.251 e. The zero-order valence-corrected chi connectivity index (χ0v) is 9.54. The van der Waals surface area contributed by atoms with Crippen molar-refractivity contribution in [2.45, 2.75) is 6.61 Å². The van der Waals surface area contributed by atoms with E-state index in [1.165, 1.54) is 19.2 Å². The second-order valence-corrected chi connectivity index (χ2v) is 3.64. The fourth-order valence-corrected chi connectivity index (χ4v) is 1.52. The Labute approximate surface area is 101 Å². The van der Waals surface area contributed by atoms with Gasteiger partial charge in [0, 0.05) is 18.7 Å². The van der Waals surface area contributed by atoms with Crippen molar-refractivity contribution in [1.29, 1.82) is 0 Å². The first-order valence-corrected chi connectivity index (χ1v) is 5.15. The number of hydrogen-bond donors (Lipinski definition) is 1. The van der Waals surface area contributed by atoms with E-state index in [-0.39, 0.29) is 17.9 Å². The van der Waals surface area contributed by atoms with Crippen LogP contribution in [0.4, 0.5) is 8.78 Å². The predicted molar refractivity (Wildman–Crippen MR) is 60.9 cm³/mol. The van der Waals surface area contributed by atoms with E-state index in [1.807, 2.05) is 0 Å². The van der Waals surface area contributed by atoms with Crippen LogP contribution in [0.25, 0.3) is 11.3 Å². The van der Waals surface area contributed by atoms with Crippen molar-refractivity contribution in [3.05, 3.63) is 52.1 Å². The normalized spacial score (nSPS) is 10.6. The van der Waals surface area contributed by atoms with Crippen molar-refractivity contribution in [1.82, 2.24) is 9.97 Å². The predicted octanol–water partition coefficient (Wildman–Crippen LogP) is 1.86. The summed E-state index contributed by atoms with van der Waals surface area (Å²) >= 11 is 0. The molecule has 18 heavy (non-hydrogen) atoms. The molecular formula is C12H10F2N2O2. The van der Waals surface area contributed by atoms with Crippen LogP contribution < -0.4 is 5.56 Å². The van der Waals surface area contributed by atoms with E-state index in [1.54, 1.807) is 0 Å². The fraction of sp³-hybridized carbons (Fsp3) is 0.167. The van der Waals surface area contributed by atoms with Crippen LogP contribution in [-0.2, 0) is 11.3 Å². The Morgan fingerprint density at radius 1 is 1.28 bits per heavy atom. The van der Waals surface area contributed by atoms with Crippen molar-refractivity contribution in [2.75, 3.05) is 7.11 Å². The molecule has 6 heteroatoms. The van der Waals surface area contributed by atoms with Crippen molar-refractivity contribution in [2.24, 2.45) is 0 Å². The van der Waals surface area contributed by atoms with Gasteiger partial charge in [0.1, 0.15) is 12.4 Å². The summed E-state index contributed by atoms with van der Waals surface area (Å²) in [6.45, 7) is 0.132.